The molecule has 1 fully saturated rings. The van der Waals surface area contributed by atoms with E-state index >= 15 is 0 Å². The summed E-state index contributed by atoms with van der Waals surface area (Å²) < 4.78 is 10.9. The third-order valence-corrected chi connectivity index (χ3v) is 4.28. The van der Waals surface area contributed by atoms with Gasteiger partial charge in [0.2, 0.25) is 11.8 Å². The molecule has 0 radical (unpaired) electrons. The fourth-order valence-corrected chi connectivity index (χ4v) is 2.87. The average molecular weight is 343 g/mol. The molecule has 0 N–H and O–H groups in total. The van der Waals surface area contributed by atoms with Crippen LogP contribution in [0.15, 0.2) is 28.8 Å². The number of carbonyl (C=O) groups excluding carboxylic acids is 1. The van der Waals surface area contributed by atoms with Gasteiger partial charge in [-0.15, -0.1) is 0 Å². The highest BCUT2D eigenvalue weighted by Crippen LogP contribution is 2.30. The molecule has 2 heterocycles. The van der Waals surface area contributed by atoms with Gasteiger partial charge in [-0.1, -0.05) is 38.1 Å². The third kappa shape index (κ3) is 4.00. The molecule has 1 aromatic heterocycles. The molecule has 134 valence electrons. The molecule has 6 nitrogen and oxygen atoms in total. The van der Waals surface area contributed by atoms with Crippen LogP contribution in [-0.2, 0) is 16.8 Å². The first-order valence-electron chi connectivity index (χ1n) is 8.70. The summed E-state index contributed by atoms with van der Waals surface area (Å²) >= 11 is 0. The van der Waals surface area contributed by atoms with Crippen molar-refractivity contribution in [3.8, 4) is 5.75 Å². The average Bonchev–Trinajstić information content (AvgIpc) is 3.17. The molecular formula is C19H25N3O3. The smallest absolute Gasteiger partial charge is 0.232 e. The summed E-state index contributed by atoms with van der Waals surface area (Å²) in [6.07, 6.45) is 0.419. The molecule has 0 bridgehead atoms. The number of nitrogens with zero attached hydrogens (tertiary/aromatic N) is 3. The molecule has 3 rings (SSSR count). The zero-order valence-electron chi connectivity index (χ0n) is 15.3. The third-order valence-electron chi connectivity index (χ3n) is 4.28. The summed E-state index contributed by atoms with van der Waals surface area (Å²) in [4.78, 5) is 18.7. The Labute approximate surface area is 148 Å². The number of aromatic nitrogens is 2. The fraction of sp³-hybridized carbons (Fsp3) is 0.526. The first-order valence-corrected chi connectivity index (χ1v) is 8.70. The largest absolute Gasteiger partial charge is 0.494 e. The van der Waals surface area contributed by atoms with E-state index in [2.05, 4.69) is 10.1 Å². The van der Waals surface area contributed by atoms with Crippen molar-refractivity contribution in [1.29, 1.82) is 0 Å². The van der Waals surface area contributed by atoms with Gasteiger partial charge in [-0.25, -0.2) is 0 Å². The molecule has 1 amide bonds. The van der Waals surface area contributed by atoms with Crippen LogP contribution >= 0.6 is 0 Å². The van der Waals surface area contributed by atoms with Gasteiger partial charge < -0.3 is 14.2 Å². The molecule has 1 aromatic carbocycles. The lowest BCUT2D eigenvalue weighted by molar-refractivity contribution is -0.128. The number of likely N-dealkylation sites (tertiary alicyclic amines) is 1. The number of hydrogen-bond acceptors (Lipinski definition) is 5. The van der Waals surface area contributed by atoms with Crippen LogP contribution in [0.2, 0.25) is 0 Å². The zero-order chi connectivity index (χ0) is 18.0. The van der Waals surface area contributed by atoms with Gasteiger partial charge in [0.1, 0.15) is 5.75 Å². The van der Waals surface area contributed by atoms with E-state index in [1.807, 2.05) is 56.9 Å². The summed E-state index contributed by atoms with van der Waals surface area (Å²) in [5.41, 5.74) is 0.921. The Morgan fingerprint density at radius 1 is 1.28 bits per heavy atom. The number of ether oxygens (including phenoxy) is 1. The molecule has 1 aliphatic rings. The van der Waals surface area contributed by atoms with E-state index in [9.17, 15) is 4.79 Å². The van der Waals surface area contributed by atoms with Crippen molar-refractivity contribution in [2.75, 3.05) is 13.2 Å². The monoisotopic (exact) mass is 343 g/mol. The van der Waals surface area contributed by atoms with Gasteiger partial charge in [-0.05, 0) is 24.6 Å². The standard InChI is InChI=1S/C19H25N3O3/c1-5-24-15-8-6-13(7-9-15)11-22-12-14(10-16(22)23)17-20-18(21-25-17)19(2,3)4/h6-9,14H,5,10-12H2,1-4H3. The molecule has 1 saturated heterocycles. The first kappa shape index (κ1) is 17.5. The molecule has 0 saturated carbocycles. The SMILES string of the molecule is CCOc1ccc(CN2CC(c3nc(C(C)(C)C)no3)CC2=O)cc1. The Bertz CT molecular complexity index is 731. The highest BCUT2D eigenvalue weighted by atomic mass is 16.5. The lowest BCUT2D eigenvalue weighted by Gasteiger charge is -2.16. The number of carbonyl (C=O) groups is 1. The van der Waals surface area contributed by atoms with E-state index in [-0.39, 0.29) is 17.2 Å². The van der Waals surface area contributed by atoms with Gasteiger partial charge in [0, 0.05) is 24.9 Å². The molecule has 1 atom stereocenters. The Morgan fingerprint density at radius 2 is 2.00 bits per heavy atom. The van der Waals surface area contributed by atoms with Crippen LogP contribution < -0.4 is 4.74 Å². The maximum Gasteiger partial charge on any atom is 0.232 e. The number of rotatable bonds is 5. The molecule has 1 aliphatic heterocycles. The van der Waals surface area contributed by atoms with E-state index in [0.717, 1.165) is 11.3 Å². The van der Waals surface area contributed by atoms with E-state index in [1.165, 1.54) is 0 Å². The highest BCUT2D eigenvalue weighted by molar-refractivity contribution is 5.79. The molecule has 2 aromatic rings. The summed E-state index contributed by atoms with van der Waals surface area (Å²) in [6.45, 7) is 9.92. The Kier molecular flexibility index (Phi) is 4.79. The lowest BCUT2D eigenvalue weighted by atomic mass is 9.96. The molecular weight excluding hydrogens is 318 g/mol. The van der Waals surface area contributed by atoms with Crippen molar-refractivity contribution >= 4 is 5.91 Å². The summed E-state index contributed by atoms with van der Waals surface area (Å²) in [6, 6.07) is 7.86. The minimum atomic E-state index is -0.160. The van der Waals surface area contributed by atoms with Crippen molar-refractivity contribution in [2.45, 2.75) is 52.0 Å². The lowest BCUT2D eigenvalue weighted by Crippen LogP contribution is -2.24. The van der Waals surface area contributed by atoms with Crippen LogP contribution in [0.5, 0.6) is 5.75 Å². The molecule has 25 heavy (non-hydrogen) atoms. The fourth-order valence-electron chi connectivity index (χ4n) is 2.87. The summed E-state index contributed by atoms with van der Waals surface area (Å²) in [5.74, 6) is 2.18. The normalized spacial score (nSPS) is 18.0. The van der Waals surface area contributed by atoms with Gasteiger partial charge in [0.05, 0.1) is 12.5 Å². The van der Waals surface area contributed by atoms with E-state index in [4.69, 9.17) is 9.26 Å². The van der Waals surface area contributed by atoms with Crippen molar-refractivity contribution in [2.24, 2.45) is 0 Å². The van der Waals surface area contributed by atoms with Crippen LogP contribution in [0.25, 0.3) is 0 Å². The Hall–Kier alpha value is -2.37. The van der Waals surface area contributed by atoms with Gasteiger partial charge in [0.15, 0.2) is 5.82 Å². The zero-order valence-corrected chi connectivity index (χ0v) is 15.3. The minimum absolute atomic E-state index is 0.0289. The summed E-state index contributed by atoms with van der Waals surface area (Å²) in [5, 5.41) is 4.06. The Balaban J connectivity index is 1.65. The Morgan fingerprint density at radius 3 is 2.60 bits per heavy atom. The van der Waals surface area contributed by atoms with Crippen LogP contribution in [0.1, 0.15) is 57.3 Å². The van der Waals surface area contributed by atoms with Crippen molar-refractivity contribution in [3.05, 3.63) is 41.5 Å². The van der Waals surface area contributed by atoms with Gasteiger partial charge in [-0.3, -0.25) is 4.79 Å². The maximum atomic E-state index is 12.3. The van der Waals surface area contributed by atoms with Crippen LogP contribution in [0, 0.1) is 0 Å². The van der Waals surface area contributed by atoms with Gasteiger partial charge in [0.25, 0.3) is 0 Å². The topological polar surface area (TPSA) is 68.5 Å². The number of amides is 1. The second-order valence-electron chi connectivity index (χ2n) is 7.46. The van der Waals surface area contributed by atoms with E-state index in [0.29, 0.717) is 37.8 Å². The summed E-state index contributed by atoms with van der Waals surface area (Å²) in [7, 11) is 0. The molecule has 1 unspecified atom stereocenters. The highest BCUT2D eigenvalue weighted by Gasteiger charge is 2.35. The van der Waals surface area contributed by atoms with Gasteiger partial charge >= 0.3 is 0 Å². The quantitative estimate of drug-likeness (QED) is 0.833. The number of hydrogen-bond donors (Lipinski definition) is 0. The van der Waals surface area contributed by atoms with Gasteiger partial charge in [-0.2, -0.15) is 4.98 Å². The van der Waals surface area contributed by atoms with Crippen molar-refractivity contribution < 1.29 is 14.1 Å². The number of benzene rings is 1. The second kappa shape index (κ2) is 6.86. The van der Waals surface area contributed by atoms with E-state index in [1.54, 1.807) is 0 Å². The molecule has 0 aliphatic carbocycles. The second-order valence-corrected chi connectivity index (χ2v) is 7.46. The van der Waals surface area contributed by atoms with E-state index < -0.39 is 0 Å². The van der Waals surface area contributed by atoms with Crippen LogP contribution in [0.4, 0.5) is 0 Å². The molecule has 0 spiro atoms. The van der Waals surface area contributed by atoms with Crippen LogP contribution in [-0.4, -0.2) is 34.1 Å². The first-order chi connectivity index (χ1) is 11.9. The molecule has 6 heteroatoms. The predicted molar refractivity (Wildman–Crippen MR) is 93.4 cm³/mol. The maximum absolute atomic E-state index is 12.3. The van der Waals surface area contributed by atoms with Crippen molar-refractivity contribution in [1.82, 2.24) is 15.0 Å². The minimum Gasteiger partial charge on any atom is -0.494 e. The van der Waals surface area contributed by atoms with Crippen LogP contribution in [0.3, 0.4) is 0 Å². The predicted octanol–water partition coefficient (Wildman–Crippen LogP) is 3.28. The van der Waals surface area contributed by atoms with Crippen molar-refractivity contribution in [3.63, 3.8) is 0 Å².